The quantitative estimate of drug-likeness (QED) is 0.253. The Balaban J connectivity index is 1.84. The topological polar surface area (TPSA) is 141 Å². The Morgan fingerprint density at radius 2 is 1.89 bits per heavy atom. The van der Waals surface area contributed by atoms with E-state index in [0.717, 1.165) is 36.7 Å². The molecule has 0 aliphatic rings. The van der Waals surface area contributed by atoms with E-state index in [1.54, 1.807) is 0 Å². The highest BCUT2D eigenvalue weighted by Gasteiger charge is 2.40. The molecule has 0 aliphatic carbocycles. The minimum absolute atomic E-state index is 0.111. The number of benzene rings is 1. The smallest absolute Gasteiger partial charge is 0.434 e. The van der Waals surface area contributed by atoms with Gasteiger partial charge in [-0.25, -0.2) is 23.7 Å². The molecule has 0 fully saturated rings. The fourth-order valence-corrected chi connectivity index (χ4v) is 2.62. The number of anilines is 2. The summed E-state index contributed by atoms with van der Waals surface area (Å²) in [4.78, 5) is 26.5. The highest BCUT2D eigenvalue weighted by molar-refractivity contribution is 6.34. The number of nitrogens with one attached hydrogen (secondary N) is 1. The van der Waals surface area contributed by atoms with Crippen molar-refractivity contribution < 1.29 is 31.5 Å². The maximum atomic E-state index is 14.5. The zero-order valence-electron chi connectivity index (χ0n) is 17.1. The molecule has 3 rings (SSSR count). The van der Waals surface area contributed by atoms with Crippen molar-refractivity contribution in [3.63, 3.8) is 0 Å². The molecule has 1 amide bonds. The third-order valence-electron chi connectivity index (χ3n) is 4.05. The predicted octanol–water partition coefficient (Wildman–Crippen LogP) is 4.29. The van der Waals surface area contributed by atoms with Crippen molar-refractivity contribution >= 4 is 40.5 Å². The number of aliphatic imine (C=N–C) groups is 1. The third-order valence-corrected chi connectivity index (χ3v) is 4.41. The van der Waals surface area contributed by atoms with Crippen LogP contribution < -0.4 is 21.5 Å². The molecule has 15 heteroatoms. The average Bonchev–Trinajstić information content (AvgIpc) is 2.79. The van der Waals surface area contributed by atoms with E-state index in [9.17, 15) is 26.7 Å². The van der Waals surface area contributed by atoms with Crippen LogP contribution in [0.4, 0.5) is 39.3 Å². The van der Waals surface area contributed by atoms with Gasteiger partial charge in [0.2, 0.25) is 5.88 Å². The van der Waals surface area contributed by atoms with Gasteiger partial charge in [0, 0.05) is 18.0 Å². The van der Waals surface area contributed by atoms with Gasteiger partial charge in [-0.1, -0.05) is 11.6 Å². The Morgan fingerprint density at radius 3 is 2.49 bits per heavy atom. The van der Waals surface area contributed by atoms with E-state index in [2.05, 4.69) is 25.3 Å². The number of pyridine rings is 1. The van der Waals surface area contributed by atoms with Crippen molar-refractivity contribution in [3.05, 3.63) is 71.3 Å². The van der Waals surface area contributed by atoms with Crippen LogP contribution in [0, 0.1) is 11.6 Å². The number of nitrogens with two attached hydrogens (primary N) is 2. The molecule has 0 radical (unpaired) electrons. The number of amides is 1. The molecule has 0 unspecified atom stereocenters. The van der Waals surface area contributed by atoms with Crippen molar-refractivity contribution in [1.29, 1.82) is 0 Å². The lowest BCUT2D eigenvalue weighted by Crippen LogP contribution is -2.32. The molecule has 0 spiro atoms. The summed E-state index contributed by atoms with van der Waals surface area (Å²) in [7, 11) is 0. The molecular weight excluding hydrogens is 501 g/mol. The summed E-state index contributed by atoms with van der Waals surface area (Å²) >= 11 is 5.88. The summed E-state index contributed by atoms with van der Waals surface area (Å²) in [6.07, 6.45) is -3.08. The number of carbonyl (C=O) groups excluding carboxylic acids is 1. The maximum Gasteiger partial charge on any atom is 0.434 e. The van der Waals surface area contributed by atoms with Gasteiger partial charge >= 0.3 is 6.18 Å². The Kier molecular flexibility index (Phi) is 7.44. The second-order valence-corrected chi connectivity index (χ2v) is 6.83. The van der Waals surface area contributed by atoms with E-state index in [1.165, 1.54) is 0 Å². The highest BCUT2D eigenvalue weighted by Crippen LogP contribution is 2.32. The summed E-state index contributed by atoms with van der Waals surface area (Å²) in [5, 5.41) is 1.91. The minimum atomic E-state index is -5.14. The van der Waals surface area contributed by atoms with Crippen LogP contribution in [-0.2, 0) is 4.79 Å². The van der Waals surface area contributed by atoms with E-state index < -0.39 is 40.8 Å². The monoisotopic (exact) mass is 513 g/mol. The van der Waals surface area contributed by atoms with Gasteiger partial charge in [0.1, 0.15) is 23.0 Å². The number of ether oxygens (including phenoxy) is 1. The summed E-state index contributed by atoms with van der Waals surface area (Å²) in [6, 6.07) is 4.67. The van der Waals surface area contributed by atoms with Gasteiger partial charge < -0.3 is 21.5 Å². The van der Waals surface area contributed by atoms with Gasteiger partial charge in [0.05, 0.1) is 11.8 Å². The van der Waals surface area contributed by atoms with E-state index >= 15 is 0 Å². The standard InChI is InChI=1S/C20H13ClF5N7O2/c21-15-17(28)30-8-31-19(15)35-13-3-2-10(5-12(13)23)32-18(34)11(6-27)16(20(24,25)26)33-14-4-1-9(22)7-29-14/h1-8H,27H2,(H,32,34)(H2,28,30,31). The van der Waals surface area contributed by atoms with Crippen LogP contribution in [0.3, 0.4) is 0 Å². The number of nitrogen functional groups attached to an aromatic ring is 1. The molecule has 5 N–H and O–H groups in total. The molecule has 182 valence electrons. The number of aromatic nitrogens is 3. The second kappa shape index (κ2) is 10.3. The molecule has 0 atom stereocenters. The summed E-state index contributed by atoms with van der Waals surface area (Å²) in [5.41, 5.74) is 7.74. The minimum Gasteiger partial charge on any atom is -0.434 e. The van der Waals surface area contributed by atoms with Gasteiger partial charge in [-0.05, 0) is 24.3 Å². The number of carbonyl (C=O) groups is 1. The lowest BCUT2D eigenvalue weighted by atomic mass is 10.1. The molecular formula is C20H13ClF5N7O2. The molecule has 0 bridgehead atoms. The molecule has 0 aliphatic heterocycles. The van der Waals surface area contributed by atoms with Crippen LogP contribution in [0.2, 0.25) is 5.02 Å². The molecule has 2 aromatic heterocycles. The zero-order chi connectivity index (χ0) is 25.8. The lowest BCUT2D eigenvalue weighted by Gasteiger charge is -2.14. The number of rotatable bonds is 6. The van der Waals surface area contributed by atoms with Gasteiger partial charge in [-0.2, -0.15) is 18.2 Å². The van der Waals surface area contributed by atoms with Crippen LogP contribution in [0.1, 0.15) is 0 Å². The Labute approximate surface area is 198 Å². The third kappa shape index (κ3) is 6.17. The molecule has 2 heterocycles. The fourth-order valence-electron chi connectivity index (χ4n) is 2.49. The van der Waals surface area contributed by atoms with Crippen molar-refractivity contribution in [3.8, 4) is 11.6 Å². The highest BCUT2D eigenvalue weighted by atomic mass is 35.5. The van der Waals surface area contributed by atoms with Crippen LogP contribution in [0.5, 0.6) is 11.6 Å². The average molecular weight is 514 g/mol. The molecule has 0 saturated carbocycles. The lowest BCUT2D eigenvalue weighted by molar-refractivity contribution is -0.113. The van der Waals surface area contributed by atoms with Gasteiger partial charge in [-0.15, -0.1) is 0 Å². The van der Waals surface area contributed by atoms with Crippen molar-refractivity contribution in [1.82, 2.24) is 15.0 Å². The van der Waals surface area contributed by atoms with E-state index in [-0.39, 0.29) is 28.2 Å². The summed E-state index contributed by atoms with van der Waals surface area (Å²) < 4.78 is 73.5. The number of nitrogens with zero attached hydrogens (tertiary/aromatic N) is 4. The van der Waals surface area contributed by atoms with E-state index in [0.29, 0.717) is 12.4 Å². The molecule has 0 saturated heterocycles. The summed E-state index contributed by atoms with van der Waals surface area (Å²) in [6.45, 7) is 0. The van der Waals surface area contributed by atoms with Crippen LogP contribution in [-0.4, -0.2) is 32.7 Å². The van der Waals surface area contributed by atoms with Crippen molar-refractivity contribution in [2.45, 2.75) is 6.18 Å². The van der Waals surface area contributed by atoms with Gasteiger partial charge in [-0.3, -0.25) is 4.79 Å². The SMILES string of the molecule is NC=C(C(=O)Nc1ccc(Oc2ncnc(N)c2Cl)c(F)c1)C(=Nc1ccc(F)cn1)C(F)(F)F. The van der Waals surface area contributed by atoms with Crippen LogP contribution in [0.15, 0.2) is 59.6 Å². The second-order valence-electron chi connectivity index (χ2n) is 6.45. The fraction of sp³-hybridized carbons (Fsp3) is 0.0500. The Morgan fingerprint density at radius 1 is 1.14 bits per heavy atom. The molecule has 3 aromatic rings. The molecule has 9 nitrogen and oxygen atoms in total. The first kappa shape index (κ1) is 25.3. The maximum absolute atomic E-state index is 14.5. The largest absolute Gasteiger partial charge is 0.434 e. The van der Waals surface area contributed by atoms with Gasteiger partial charge in [0.15, 0.2) is 23.1 Å². The summed E-state index contributed by atoms with van der Waals surface area (Å²) in [5.74, 6) is -4.44. The number of hydrogen-bond donors (Lipinski definition) is 3. The number of hydrogen-bond acceptors (Lipinski definition) is 8. The molecule has 35 heavy (non-hydrogen) atoms. The van der Waals surface area contributed by atoms with Gasteiger partial charge in [0.25, 0.3) is 5.91 Å². The van der Waals surface area contributed by atoms with Crippen molar-refractivity contribution in [2.24, 2.45) is 10.7 Å². The first-order valence-electron chi connectivity index (χ1n) is 9.24. The first-order valence-corrected chi connectivity index (χ1v) is 9.61. The van der Waals surface area contributed by atoms with E-state index in [4.69, 9.17) is 27.8 Å². The Bertz CT molecular complexity index is 1310. The van der Waals surface area contributed by atoms with Crippen molar-refractivity contribution in [2.75, 3.05) is 11.1 Å². The predicted molar refractivity (Wildman–Crippen MR) is 116 cm³/mol. The first-order chi connectivity index (χ1) is 16.5. The number of halogens is 6. The molecule has 1 aromatic carbocycles. The zero-order valence-corrected chi connectivity index (χ0v) is 17.9. The normalized spacial score (nSPS) is 12.4. The Hall–Kier alpha value is -4.33. The number of alkyl halides is 3. The van der Waals surface area contributed by atoms with Crippen LogP contribution >= 0.6 is 11.6 Å². The van der Waals surface area contributed by atoms with E-state index in [1.807, 2.05) is 0 Å². The van der Waals surface area contributed by atoms with Crippen LogP contribution in [0.25, 0.3) is 0 Å².